The van der Waals surface area contributed by atoms with Gasteiger partial charge < -0.3 is 5.32 Å². The molecule has 1 aliphatic heterocycles. The number of nitrogens with one attached hydrogen (secondary N) is 1. The van der Waals surface area contributed by atoms with E-state index in [0.717, 1.165) is 24.0 Å². The topological polar surface area (TPSA) is 72.7 Å². The summed E-state index contributed by atoms with van der Waals surface area (Å²) in [6.45, 7) is 1.74. The molecule has 3 aromatic rings. The summed E-state index contributed by atoms with van der Waals surface area (Å²) in [5.41, 5.74) is 1.76. The monoisotopic (exact) mass is 279 g/mol. The third kappa shape index (κ3) is 2.09. The van der Waals surface area contributed by atoms with Gasteiger partial charge in [0.15, 0.2) is 5.69 Å². The van der Waals surface area contributed by atoms with Crippen molar-refractivity contribution in [3.8, 4) is 0 Å². The van der Waals surface area contributed by atoms with E-state index in [-0.39, 0.29) is 5.78 Å². The number of fused-ring (bicyclic) bond motifs is 1. The van der Waals surface area contributed by atoms with E-state index in [1.165, 1.54) is 0 Å². The number of nitrogens with zero attached hydrogens (tertiary/aromatic N) is 4. The molecule has 1 fully saturated rings. The maximum atomic E-state index is 12.5. The zero-order valence-electron chi connectivity index (χ0n) is 11.2. The van der Waals surface area contributed by atoms with E-state index >= 15 is 0 Å². The lowest BCUT2D eigenvalue weighted by atomic mass is 10.1. The minimum Gasteiger partial charge on any atom is -0.312 e. The molecule has 0 atom stereocenters. The van der Waals surface area contributed by atoms with Crippen LogP contribution in [0.15, 0.2) is 42.7 Å². The van der Waals surface area contributed by atoms with Crippen molar-refractivity contribution in [2.75, 3.05) is 13.1 Å². The molecular formula is C15H13N5O. The van der Waals surface area contributed by atoms with Crippen molar-refractivity contribution < 1.29 is 4.79 Å². The minimum atomic E-state index is -0.124. The SMILES string of the molecule is O=C(c1ccc2cccnc2c1)c1cn(C2CNC2)nn1. The highest BCUT2D eigenvalue weighted by atomic mass is 16.1. The molecule has 6 heteroatoms. The fourth-order valence-electron chi connectivity index (χ4n) is 2.38. The van der Waals surface area contributed by atoms with Crippen molar-refractivity contribution in [2.45, 2.75) is 6.04 Å². The van der Waals surface area contributed by atoms with Crippen LogP contribution < -0.4 is 5.32 Å². The summed E-state index contributed by atoms with van der Waals surface area (Å²) >= 11 is 0. The first-order valence-electron chi connectivity index (χ1n) is 6.83. The van der Waals surface area contributed by atoms with Crippen molar-refractivity contribution in [3.05, 3.63) is 54.0 Å². The van der Waals surface area contributed by atoms with E-state index in [1.54, 1.807) is 29.2 Å². The Hall–Kier alpha value is -2.60. The Labute approximate surface area is 120 Å². The van der Waals surface area contributed by atoms with Gasteiger partial charge in [-0.1, -0.05) is 23.4 Å². The van der Waals surface area contributed by atoms with Crippen molar-refractivity contribution in [1.29, 1.82) is 0 Å². The van der Waals surface area contributed by atoms with Crippen LogP contribution in [-0.2, 0) is 0 Å². The van der Waals surface area contributed by atoms with E-state index in [0.29, 0.717) is 17.3 Å². The first-order chi connectivity index (χ1) is 10.3. The summed E-state index contributed by atoms with van der Waals surface area (Å²) in [6.07, 6.45) is 3.44. The highest BCUT2D eigenvalue weighted by Gasteiger charge is 2.22. The predicted octanol–water partition coefficient (Wildman–Crippen LogP) is 1.20. The summed E-state index contributed by atoms with van der Waals surface area (Å²) in [7, 11) is 0. The largest absolute Gasteiger partial charge is 0.312 e. The fourth-order valence-corrected chi connectivity index (χ4v) is 2.38. The summed E-state index contributed by atoms with van der Waals surface area (Å²) in [4.78, 5) is 16.7. The highest BCUT2D eigenvalue weighted by molar-refractivity contribution is 6.09. The van der Waals surface area contributed by atoms with E-state index < -0.39 is 0 Å². The quantitative estimate of drug-likeness (QED) is 0.729. The van der Waals surface area contributed by atoms with Gasteiger partial charge in [-0.3, -0.25) is 9.78 Å². The third-order valence-electron chi connectivity index (χ3n) is 3.75. The van der Waals surface area contributed by atoms with Gasteiger partial charge >= 0.3 is 0 Å². The smallest absolute Gasteiger partial charge is 0.214 e. The number of hydrogen-bond donors (Lipinski definition) is 1. The van der Waals surface area contributed by atoms with Crippen LogP contribution in [0.5, 0.6) is 0 Å². The molecule has 2 aromatic heterocycles. The molecule has 21 heavy (non-hydrogen) atoms. The first-order valence-corrected chi connectivity index (χ1v) is 6.83. The van der Waals surface area contributed by atoms with Crippen LogP contribution >= 0.6 is 0 Å². The summed E-state index contributed by atoms with van der Waals surface area (Å²) < 4.78 is 1.75. The van der Waals surface area contributed by atoms with Gasteiger partial charge in [0.1, 0.15) is 0 Å². The van der Waals surface area contributed by atoms with Crippen molar-refractivity contribution in [3.63, 3.8) is 0 Å². The van der Waals surface area contributed by atoms with Gasteiger partial charge in [-0.25, -0.2) is 4.68 Å². The van der Waals surface area contributed by atoms with Crippen LogP contribution in [0.2, 0.25) is 0 Å². The number of rotatable bonds is 3. The van der Waals surface area contributed by atoms with E-state index in [2.05, 4.69) is 20.6 Å². The van der Waals surface area contributed by atoms with E-state index in [4.69, 9.17) is 0 Å². The standard InChI is InChI=1S/C15H13N5O/c21-15(14-9-20(19-18-14)12-7-16-8-12)11-4-3-10-2-1-5-17-13(10)6-11/h1-6,9,12,16H,7-8H2. The molecule has 104 valence electrons. The average Bonchev–Trinajstić information content (AvgIpc) is 2.93. The van der Waals surface area contributed by atoms with E-state index in [1.807, 2.05) is 18.2 Å². The van der Waals surface area contributed by atoms with Crippen LogP contribution in [0.4, 0.5) is 0 Å². The van der Waals surface area contributed by atoms with Gasteiger partial charge in [0, 0.05) is 30.2 Å². The van der Waals surface area contributed by atoms with Crippen LogP contribution in [0.3, 0.4) is 0 Å². The lowest BCUT2D eigenvalue weighted by Crippen LogP contribution is -2.43. The van der Waals surface area contributed by atoms with Crippen molar-refractivity contribution >= 4 is 16.7 Å². The maximum absolute atomic E-state index is 12.5. The third-order valence-corrected chi connectivity index (χ3v) is 3.75. The number of hydrogen-bond acceptors (Lipinski definition) is 5. The van der Waals surface area contributed by atoms with Gasteiger partial charge in [-0.2, -0.15) is 0 Å². The maximum Gasteiger partial charge on any atom is 0.214 e. The van der Waals surface area contributed by atoms with Crippen LogP contribution in [-0.4, -0.2) is 38.9 Å². The molecule has 0 unspecified atom stereocenters. The van der Waals surface area contributed by atoms with Crippen molar-refractivity contribution in [1.82, 2.24) is 25.3 Å². The predicted molar refractivity (Wildman–Crippen MR) is 77.1 cm³/mol. The molecule has 4 rings (SSSR count). The molecule has 1 aromatic carbocycles. The number of benzene rings is 1. The number of pyridine rings is 1. The number of ketones is 1. The molecule has 0 saturated carbocycles. The molecule has 1 aliphatic rings. The minimum absolute atomic E-state index is 0.124. The van der Waals surface area contributed by atoms with Crippen LogP contribution in [0.1, 0.15) is 22.1 Å². The van der Waals surface area contributed by atoms with Gasteiger partial charge in [0.05, 0.1) is 17.8 Å². The van der Waals surface area contributed by atoms with Gasteiger partial charge in [-0.05, 0) is 12.1 Å². The number of carbonyl (C=O) groups excluding carboxylic acids is 1. The molecule has 0 bridgehead atoms. The lowest BCUT2D eigenvalue weighted by Gasteiger charge is -2.26. The molecular weight excluding hydrogens is 266 g/mol. The molecule has 0 aliphatic carbocycles. The molecule has 1 N–H and O–H groups in total. The molecule has 1 saturated heterocycles. The van der Waals surface area contributed by atoms with E-state index in [9.17, 15) is 4.79 Å². The number of carbonyl (C=O) groups is 1. The Balaban J connectivity index is 1.67. The van der Waals surface area contributed by atoms with Gasteiger partial charge in [0.25, 0.3) is 0 Å². The fraction of sp³-hybridized carbons (Fsp3) is 0.200. The Morgan fingerprint density at radius 3 is 3.00 bits per heavy atom. The molecule has 0 radical (unpaired) electrons. The lowest BCUT2D eigenvalue weighted by molar-refractivity contribution is 0.103. The van der Waals surface area contributed by atoms with Gasteiger partial charge in [-0.15, -0.1) is 5.10 Å². The zero-order chi connectivity index (χ0) is 14.2. The van der Waals surface area contributed by atoms with Crippen LogP contribution in [0, 0.1) is 0 Å². The zero-order valence-corrected chi connectivity index (χ0v) is 11.2. The second-order valence-electron chi connectivity index (χ2n) is 5.14. The Morgan fingerprint density at radius 2 is 2.19 bits per heavy atom. The molecule has 0 amide bonds. The Morgan fingerprint density at radius 1 is 1.29 bits per heavy atom. The normalized spacial score (nSPS) is 15.0. The summed E-state index contributed by atoms with van der Waals surface area (Å²) in [5, 5.41) is 12.2. The molecule has 6 nitrogen and oxygen atoms in total. The number of aromatic nitrogens is 4. The molecule has 3 heterocycles. The molecule has 0 spiro atoms. The Kier molecular flexibility index (Phi) is 2.75. The van der Waals surface area contributed by atoms with Gasteiger partial charge in [0.2, 0.25) is 5.78 Å². The second kappa shape index (κ2) is 4.75. The van der Waals surface area contributed by atoms with Crippen LogP contribution in [0.25, 0.3) is 10.9 Å². The Bertz CT molecular complexity index is 822. The second-order valence-corrected chi connectivity index (χ2v) is 5.14. The first kappa shape index (κ1) is 12.2. The summed E-state index contributed by atoms with van der Waals surface area (Å²) in [6, 6.07) is 9.64. The van der Waals surface area contributed by atoms with Crippen molar-refractivity contribution in [2.24, 2.45) is 0 Å². The highest BCUT2D eigenvalue weighted by Crippen LogP contribution is 2.16. The average molecular weight is 279 g/mol. The summed E-state index contributed by atoms with van der Waals surface area (Å²) in [5.74, 6) is -0.124.